The zero-order valence-corrected chi connectivity index (χ0v) is 10.3. The van der Waals surface area contributed by atoms with Gasteiger partial charge in [0.1, 0.15) is 0 Å². The van der Waals surface area contributed by atoms with E-state index < -0.39 is 0 Å². The number of nitrogens with zero attached hydrogens (tertiary/aromatic N) is 1. The minimum absolute atomic E-state index is 0.433. The van der Waals surface area contributed by atoms with Crippen LogP contribution in [0.1, 0.15) is 24.8 Å². The molecule has 2 N–H and O–H groups in total. The van der Waals surface area contributed by atoms with Crippen molar-refractivity contribution in [2.24, 2.45) is 5.41 Å². The minimum Gasteiger partial charge on any atom is -0.384 e. The molecule has 3 nitrogen and oxygen atoms in total. The molecule has 1 aliphatic carbocycles. The second kappa shape index (κ2) is 5.20. The number of hydrogen-bond donors (Lipinski definition) is 2. The summed E-state index contributed by atoms with van der Waals surface area (Å²) in [5.41, 5.74) is 2.25. The molecule has 1 aliphatic rings. The molecule has 0 saturated heterocycles. The van der Waals surface area contributed by atoms with Crippen LogP contribution in [0.25, 0.3) is 0 Å². The van der Waals surface area contributed by atoms with Gasteiger partial charge in [-0.15, -0.1) is 0 Å². The lowest BCUT2D eigenvalue weighted by atomic mass is 9.68. The van der Waals surface area contributed by atoms with Crippen LogP contribution in [0.5, 0.6) is 0 Å². The summed E-state index contributed by atoms with van der Waals surface area (Å²) in [6.45, 7) is 2.09. The molecule has 0 aliphatic heterocycles. The summed E-state index contributed by atoms with van der Waals surface area (Å²) in [7, 11) is 2.02. The first kappa shape index (κ1) is 11.9. The van der Waals surface area contributed by atoms with E-state index in [-0.39, 0.29) is 0 Å². The topological polar surface area (TPSA) is 47.8 Å². The molecule has 1 saturated carbocycles. The van der Waals surface area contributed by atoms with Gasteiger partial charge in [-0.05, 0) is 44.2 Å². The van der Waals surface area contributed by atoms with Crippen LogP contribution in [-0.2, 0) is 0 Å². The maximum Gasteiger partial charge on any atom is 0.0991 e. The molecule has 17 heavy (non-hydrogen) atoms. The molecule has 2 rings (SSSR count). The monoisotopic (exact) mass is 229 g/mol. The predicted octanol–water partition coefficient (Wildman–Crippen LogP) is 2.36. The fourth-order valence-electron chi connectivity index (χ4n) is 2.42. The van der Waals surface area contributed by atoms with Gasteiger partial charge in [-0.1, -0.05) is 6.42 Å². The first-order valence-corrected chi connectivity index (χ1v) is 6.17. The van der Waals surface area contributed by atoms with Crippen LogP contribution in [-0.4, -0.2) is 20.1 Å². The Morgan fingerprint density at radius 1 is 1.24 bits per heavy atom. The SMILES string of the molecule is CNCC1(CNc2ccc(C#N)cc2)CCC1. The molecule has 0 radical (unpaired) electrons. The zero-order valence-electron chi connectivity index (χ0n) is 10.3. The molecule has 0 aromatic heterocycles. The largest absolute Gasteiger partial charge is 0.384 e. The van der Waals surface area contributed by atoms with Crippen LogP contribution in [0.15, 0.2) is 24.3 Å². The number of nitrogens with one attached hydrogen (secondary N) is 2. The minimum atomic E-state index is 0.433. The number of anilines is 1. The number of rotatable bonds is 5. The van der Waals surface area contributed by atoms with Gasteiger partial charge in [-0.2, -0.15) is 5.26 Å². The molecule has 1 aromatic carbocycles. The highest BCUT2D eigenvalue weighted by molar-refractivity contribution is 5.47. The van der Waals surface area contributed by atoms with E-state index in [1.165, 1.54) is 19.3 Å². The molecular formula is C14H19N3. The van der Waals surface area contributed by atoms with Gasteiger partial charge in [0.05, 0.1) is 11.6 Å². The lowest BCUT2D eigenvalue weighted by Crippen LogP contribution is -2.44. The van der Waals surface area contributed by atoms with Gasteiger partial charge in [0, 0.05) is 24.2 Å². The Hall–Kier alpha value is -1.53. The van der Waals surface area contributed by atoms with Crippen molar-refractivity contribution in [3.05, 3.63) is 29.8 Å². The van der Waals surface area contributed by atoms with Crippen LogP contribution in [0.4, 0.5) is 5.69 Å². The van der Waals surface area contributed by atoms with E-state index >= 15 is 0 Å². The highest BCUT2D eigenvalue weighted by atomic mass is 14.9. The van der Waals surface area contributed by atoms with Crippen molar-refractivity contribution in [2.75, 3.05) is 25.5 Å². The van der Waals surface area contributed by atoms with Gasteiger partial charge in [-0.25, -0.2) is 0 Å². The summed E-state index contributed by atoms with van der Waals surface area (Å²) in [5, 5.41) is 15.5. The van der Waals surface area contributed by atoms with Gasteiger partial charge in [0.25, 0.3) is 0 Å². The molecular weight excluding hydrogens is 210 g/mol. The van der Waals surface area contributed by atoms with Crippen molar-refractivity contribution in [3.8, 4) is 6.07 Å². The van der Waals surface area contributed by atoms with Crippen molar-refractivity contribution < 1.29 is 0 Å². The summed E-state index contributed by atoms with van der Waals surface area (Å²) in [5.74, 6) is 0. The average Bonchev–Trinajstić information content (AvgIpc) is 2.33. The predicted molar refractivity (Wildman–Crippen MR) is 69.9 cm³/mol. The van der Waals surface area contributed by atoms with E-state index in [1.54, 1.807) is 0 Å². The second-order valence-electron chi connectivity index (χ2n) is 4.93. The van der Waals surface area contributed by atoms with Gasteiger partial charge in [0.15, 0.2) is 0 Å². The second-order valence-corrected chi connectivity index (χ2v) is 4.93. The molecule has 0 heterocycles. The Morgan fingerprint density at radius 2 is 1.94 bits per heavy atom. The fourth-order valence-corrected chi connectivity index (χ4v) is 2.42. The number of nitriles is 1. The van der Waals surface area contributed by atoms with Gasteiger partial charge in [0.2, 0.25) is 0 Å². The molecule has 1 aromatic rings. The third-order valence-corrected chi connectivity index (χ3v) is 3.65. The molecule has 0 unspecified atom stereocenters. The van der Waals surface area contributed by atoms with Crippen molar-refractivity contribution in [1.82, 2.24) is 5.32 Å². The van der Waals surface area contributed by atoms with Crippen molar-refractivity contribution >= 4 is 5.69 Å². The maximum absolute atomic E-state index is 8.73. The molecule has 0 amide bonds. The number of benzene rings is 1. The van der Waals surface area contributed by atoms with Crippen molar-refractivity contribution in [3.63, 3.8) is 0 Å². The van der Waals surface area contributed by atoms with Gasteiger partial charge >= 0.3 is 0 Å². The summed E-state index contributed by atoms with van der Waals surface area (Å²) >= 11 is 0. The Labute approximate surface area is 103 Å². The first-order valence-electron chi connectivity index (χ1n) is 6.17. The van der Waals surface area contributed by atoms with E-state index in [0.29, 0.717) is 11.0 Å². The van der Waals surface area contributed by atoms with Crippen LogP contribution < -0.4 is 10.6 Å². The molecule has 0 atom stereocenters. The van der Waals surface area contributed by atoms with Gasteiger partial charge in [-0.3, -0.25) is 0 Å². The first-order chi connectivity index (χ1) is 8.28. The zero-order chi connectivity index (χ0) is 12.1. The standard InChI is InChI=1S/C14H19N3/c1-16-10-14(7-2-8-14)11-17-13-5-3-12(9-15)4-6-13/h3-6,16-17H,2,7-8,10-11H2,1H3. The van der Waals surface area contributed by atoms with E-state index in [4.69, 9.17) is 5.26 Å². The third kappa shape index (κ3) is 2.78. The Bertz CT molecular complexity index is 398. The van der Waals surface area contributed by atoms with E-state index in [1.807, 2.05) is 31.3 Å². The lowest BCUT2D eigenvalue weighted by Gasteiger charge is -2.42. The molecule has 90 valence electrons. The molecule has 3 heteroatoms. The van der Waals surface area contributed by atoms with Crippen LogP contribution >= 0.6 is 0 Å². The van der Waals surface area contributed by atoms with Gasteiger partial charge < -0.3 is 10.6 Å². The molecule has 0 bridgehead atoms. The van der Waals surface area contributed by atoms with Crippen molar-refractivity contribution in [2.45, 2.75) is 19.3 Å². The maximum atomic E-state index is 8.73. The van der Waals surface area contributed by atoms with E-state index in [2.05, 4.69) is 16.7 Å². The fraction of sp³-hybridized carbons (Fsp3) is 0.500. The van der Waals surface area contributed by atoms with Crippen molar-refractivity contribution in [1.29, 1.82) is 5.26 Å². The van der Waals surface area contributed by atoms with Crippen LogP contribution in [0.2, 0.25) is 0 Å². The van der Waals surface area contributed by atoms with Crippen LogP contribution in [0, 0.1) is 16.7 Å². The quantitative estimate of drug-likeness (QED) is 0.815. The third-order valence-electron chi connectivity index (χ3n) is 3.65. The number of hydrogen-bond acceptors (Lipinski definition) is 3. The average molecular weight is 229 g/mol. The summed E-state index contributed by atoms with van der Waals surface area (Å²) in [6.07, 6.45) is 3.95. The van der Waals surface area contributed by atoms with Crippen LogP contribution in [0.3, 0.4) is 0 Å². The normalized spacial score (nSPS) is 16.9. The summed E-state index contributed by atoms with van der Waals surface area (Å²) < 4.78 is 0. The van der Waals surface area contributed by atoms with E-state index in [9.17, 15) is 0 Å². The summed E-state index contributed by atoms with van der Waals surface area (Å²) in [6, 6.07) is 9.79. The summed E-state index contributed by atoms with van der Waals surface area (Å²) in [4.78, 5) is 0. The highest BCUT2D eigenvalue weighted by Crippen LogP contribution is 2.40. The lowest BCUT2D eigenvalue weighted by molar-refractivity contribution is 0.151. The highest BCUT2D eigenvalue weighted by Gasteiger charge is 2.35. The Kier molecular flexibility index (Phi) is 3.65. The van der Waals surface area contributed by atoms with E-state index in [0.717, 1.165) is 18.8 Å². The smallest absolute Gasteiger partial charge is 0.0991 e. The molecule has 0 spiro atoms. The molecule has 1 fully saturated rings. The Morgan fingerprint density at radius 3 is 2.41 bits per heavy atom. The Balaban J connectivity index is 1.90.